The second kappa shape index (κ2) is 4.51. The Morgan fingerprint density at radius 2 is 2.06 bits per heavy atom. The van der Waals surface area contributed by atoms with Crippen molar-refractivity contribution in [3.05, 3.63) is 41.0 Å². The summed E-state index contributed by atoms with van der Waals surface area (Å²) in [6, 6.07) is 8.53. The zero-order valence-corrected chi connectivity index (χ0v) is 10.2. The number of nitrogens with one attached hydrogen (secondary N) is 2. The summed E-state index contributed by atoms with van der Waals surface area (Å²) in [5.41, 5.74) is 3.41. The number of H-pyrrole nitrogens is 1. The molecule has 1 fully saturated rings. The van der Waals surface area contributed by atoms with Gasteiger partial charge in [0.2, 0.25) is 0 Å². The molecule has 88 valence electrons. The number of hydrogen-bond acceptors (Lipinski definition) is 2. The molecule has 1 aliphatic carbocycles. The number of benzene rings is 1. The molecule has 1 aromatic carbocycles. The maximum absolute atomic E-state index is 5.89. The van der Waals surface area contributed by atoms with Gasteiger partial charge in [0.1, 0.15) is 0 Å². The lowest BCUT2D eigenvalue weighted by Crippen LogP contribution is -2.15. The van der Waals surface area contributed by atoms with Gasteiger partial charge in [0.05, 0.1) is 11.9 Å². The van der Waals surface area contributed by atoms with Crippen LogP contribution in [-0.2, 0) is 6.54 Å². The van der Waals surface area contributed by atoms with Crippen molar-refractivity contribution in [2.45, 2.75) is 25.4 Å². The number of nitrogens with zero attached hydrogens (tertiary/aromatic N) is 1. The molecule has 3 rings (SSSR count). The summed E-state index contributed by atoms with van der Waals surface area (Å²) in [5, 5.41) is 11.4. The van der Waals surface area contributed by atoms with Crippen LogP contribution >= 0.6 is 11.6 Å². The standard InChI is InChI=1S/C13H14ClN3/c14-11-3-1-9(2-4-11)13-10(8-16-17-13)7-15-12-5-6-12/h1-4,8,12,15H,5-7H2,(H,16,17). The summed E-state index contributed by atoms with van der Waals surface area (Å²) < 4.78 is 0. The maximum atomic E-state index is 5.89. The number of aromatic amines is 1. The minimum Gasteiger partial charge on any atom is -0.310 e. The second-order valence-electron chi connectivity index (χ2n) is 4.43. The lowest BCUT2D eigenvalue weighted by Gasteiger charge is -2.04. The van der Waals surface area contributed by atoms with E-state index in [1.165, 1.54) is 18.4 Å². The van der Waals surface area contributed by atoms with Crippen LogP contribution in [0.2, 0.25) is 5.02 Å². The van der Waals surface area contributed by atoms with Gasteiger partial charge in [-0.25, -0.2) is 0 Å². The minimum atomic E-state index is 0.711. The van der Waals surface area contributed by atoms with Gasteiger partial charge in [-0.2, -0.15) is 5.10 Å². The Morgan fingerprint density at radius 3 is 2.76 bits per heavy atom. The molecule has 0 bridgehead atoms. The fraction of sp³-hybridized carbons (Fsp3) is 0.308. The number of rotatable bonds is 4. The van der Waals surface area contributed by atoms with Gasteiger partial charge in [-0.15, -0.1) is 0 Å². The predicted molar refractivity (Wildman–Crippen MR) is 68.9 cm³/mol. The summed E-state index contributed by atoms with van der Waals surface area (Å²) >= 11 is 5.89. The van der Waals surface area contributed by atoms with Crippen molar-refractivity contribution in [2.24, 2.45) is 0 Å². The van der Waals surface area contributed by atoms with Gasteiger partial charge in [0, 0.05) is 23.2 Å². The van der Waals surface area contributed by atoms with Gasteiger partial charge in [0.15, 0.2) is 0 Å². The van der Waals surface area contributed by atoms with Crippen molar-refractivity contribution in [1.29, 1.82) is 0 Å². The molecule has 1 saturated carbocycles. The first-order valence-electron chi connectivity index (χ1n) is 5.84. The van der Waals surface area contributed by atoms with Crippen LogP contribution in [0.15, 0.2) is 30.5 Å². The third kappa shape index (κ3) is 2.51. The highest BCUT2D eigenvalue weighted by Gasteiger charge is 2.20. The predicted octanol–water partition coefficient (Wildman–Crippen LogP) is 2.98. The monoisotopic (exact) mass is 247 g/mol. The van der Waals surface area contributed by atoms with E-state index < -0.39 is 0 Å². The van der Waals surface area contributed by atoms with Crippen molar-refractivity contribution in [1.82, 2.24) is 15.5 Å². The molecule has 2 N–H and O–H groups in total. The molecule has 3 nitrogen and oxygen atoms in total. The Morgan fingerprint density at radius 1 is 1.29 bits per heavy atom. The van der Waals surface area contributed by atoms with E-state index in [1.807, 2.05) is 30.5 Å². The number of aromatic nitrogens is 2. The topological polar surface area (TPSA) is 40.7 Å². The van der Waals surface area contributed by atoms with E-state index in [1.54, 1.807) is 0 Å². The average Bonchev–Trinajstić information content (AvgIpc) is 3.06. The van der Waals surface area contributed by atoms with Crippen molar-refractivity contribution < 1.29 is 0 Å². The van der Waals surface area contributed by atoms with Crippen LogP contribution in [0.3, 0.4) is 0 Å². The zero-order chi connectivity index (χ0) is 11.7. The Balaban J connectivity index is 1.81. The maximum Gasteiger partial charge on any atom is 0.0695 e. The highest BCUT2D eigenvalue weighted by molar-refractivity contribution is 6.30. The minimum absolute atomic E-state index is 0.711. The lowest BCUT2D eigenvalue weighted by atomic mass is 10.1. The Bertz CT molecular complexity index is 500. The highest BCUT2D eigenvalue weighted by atomic mass is 35.5. The van der Waals surface area contributed by atoms with Crippen molar-refractivity contribution in [3.8, 4) is 11.3 Å². The molecular formula is C13H14ClN3. The first-order valence-corrected chi connectivity index (χ1v) is 6.22. The van der Waals surface area contributed by atoms with Gasteiger partial charge in [-0.05, 0) is 30.5 Å². The smallest absolute Gasteiger partial charge is 0.0695 e. The molecule has 1 heterocycles. The lowest BCUT2D eigenvalue weighted by molar-refractivity contribution is 0.689. The van der Waals surface area contributed by atoms with E-state index in [4.69, 9.17) is 11.6 Å². The van der Waals surface area contributed by atoms with Crippen LogP contribution < -0.4 is 5.32 Å². The SMILES string of the molecule is Clc1ccc(-c2[nH]ncc2CNC2CC2)cc1. The summed E-state index contributed by atoms with van der Waals surface area (Å²) in [6.45, 7) is 0.874. The quantitative estimate of drug-likeness (QED) is 0.872. The van der Waals surface area contributed by atoms with Crippen LogP contribution in [0.1, 0.15) is 18.4 Å². The van der Waals surface area contributed by atoms with E-state index in [9.17, 15) is 0 Å². The fourth-order valence-corrected chi connectivity index (χ4v) is 1.98. The zero-order valence-electron chi connectivity index (χ0n) is 9.41. The van der Waals surface area contributed by atoms with Gasteiger partial charge >= 0.3 is 0 Å². The molecule has 0 amide bonds. The Labute approximate surface area is 105 Å². The van der Waals surface area contributed by atoms with E-state index in [2.05, 4.69) is 15.5 Å². The van der Waals surface area contributed by atoms with Crippen molar-refractivity contribution in [3.63, 3.8) is 0 Å². The largest absolute Gasteiger partial charge is 0.310 e. The Kier molecular flexibility index (Phi) is 2.87. The molecular weight excluding hydrogens is 234 g/mol. The first-order chi connectivity index (χ1) is 8.33. The van der Waals surface area contributed by atoms with E-state index in [0.29, 0.717) is 6.04 Å². The molecule has 17 heavy (non-hydrogen) atoms. The Hall–Kier alpha value is -1.32. The van der Waals surface area contributed by atoms with Crippen molar-refractivity contribution >= 4 is 11.6 Å². The summed E-state index contributed by atoms with van der Waals surface area (Å²) in [7, 11) is 0. The first kappa shape index (κ1) is 10.8. The average molecular weight is 248 g/mol. The van der Waals surface area contributed by atoms with E-state index >= 15 is 0 Å². The molecule has 0 unspecified atom stereocenters. The highest BCUT2D eigenvalue weighted by Crippen LogP contribution is 2.24. The normalized spacial score (nSPS) is 15.1. The van der Waals surface area contributed by atoms with Crippen LogP contribution in [0.5, 0.6) is 0 Å². The fourth-order valence-electron chi connectivity index (χ4n) is 1.85. The van der Waals surface area contributed by atoms with E-state index in [0.717, 1.165) is 22.8 Å². The third-order valence-corrected chi connectivity index (χ3v) is 3.26. The molecule has 2 aromatic rings. The molecule has 0 aliphatic heterocycles. The van der Waals surface area contributed by atoms with Gasteiger partial charge in [0.25, 0.3) is 0 Å². The molecule has 0 radical (unpaired) electrons. The molecule has 1 aliphatic rings. The van der Waals surface area contributed by atoms with Crippen LogP contribution in [0.25, 0.3) is 11.3 Å². The summed E-state index contributed by atoms with van der Waals surface area (Å²) in [6.07, 6.45) is 4.49. The van der Waals surface area contributed by atoms with Gasteiger partial charge in [-0.3, -0.25) is 5.10 Å². The molecule has 4 heteroatoms. The summed E-state index contributed by atoms with van der Waals surface area (Å²) in [4.78, 5) is 0. The molecule has 0 atom stereocenters. The van der Waals surface area contributed by atoms with Crippen LogP contribution in [0.4, 0.5) is 0 Å². The molecule has 1 aromatic heterocycles. The van der Waals surface area contributed by atoms with Crippen LogP contribution in [0, 0.1) is 0 Å². The van der Waals surface area contributed by atoms with Gasteiger partial charge < -0.3 is 5.32 Å². The molecule has 0 spiro atoms. The van der Waals surface area contributed by atoms with Gasteiger partial charge in [-0.1, -0.05) is 23.7 Å². The summed E-state index contributed by atoms with van der Waals surface area (Å²) in [5.74, 6) is 0. The van der Waals surface area contributed by atoms with Crippen molar-refractivity contribution in [2.75, 3.05) is 0 Å². The number of halogens is 1. The second-order valence-corrected chi connectivity index (χ2v) is 4.87. The third-order valence-electron chi connectivity index (χ3n) is 3.01. The van der Waals surface area contributed by atoms with E-state index in [-0.39, 0.29) is 0 Å². The number of hydrogen-bond donors (Lipinski definition) is 2. The van der Waals surface area contributed by atoms with Crippen LogP contribution in [-0.4, -0.2) is 16.2 Å². The molecule has 0 saturated heterocycles.